The van der Waals surface area contributed by atoms with E-state index in [1.54, 1.807) is 0 Å². The summed E-state index contributed by atoms with van der Waals surface area (Å²) in [4.78, 5) is 2.34. The smallest absolute Gasteiger partial charge is 0.0900 e. The number of aliphatic hydroxyl groups is 1. The van der Waals surface area contributed by atoms with Gasteiger partial charge < -0.3 is 14.7 Å². The number of ether oxygens (including phenoxy) is 1. The van der Waals surface area contributed by atoms with Crippen LogP contribution in [0.3, 0.4) is 0 Å². The number of hydrogen-bond donors (Lipinski definition) is 1. The standard InChI is InChI=1S/C16H24ClNO2/c1-13-3-2-8-18(9-13)10-16(19)12-20-11-14-4-6-15(17)7-5-14/h4-7,13,16,19H,2-3,8-12H2,1H3/t13-,16+/m0/s1. The van der Waals surface area contributed by atoms with Gasteiger partial charge in [-0.25, -0.2) is 0 Å². The summed E-state index contributed by atoms with van der Waals surface area (Å²) >= 11 is 5.83. The number of hydrogen-bond acceptors (Lipinski definition) is 3. The summed E-state index contributed by atoms with van der Waals surface area (Å²) in [5, 5.41) is 10.8. The lowest BCUT2D eigenvalue weighted by atomic mass is 10.0. The van der Waals surface area contributed by atoms with Crippen molar-refractivity contribution in [2.45, 2.75) is 32.5 Å². The van der Waals surface area contributed by atoms with Crippen LogP contribution >= 0.6 is 11.6 Å². The SMILES string of the molecule is C[C@H]1CCCN(C[C@@H](O)COCc2ccc(Cl)cc2)C1. The largest absolute Gasteiger partial charge is 0.389 e. The molecule has 0 saturated carbocycles. The second kappa shape index (κ2) is 7.99. The van der Waals surface area contributed by atoms with Crippen LogP contribution in [0.2, 0.25) is 5.02 Å². The fraction of sp³-hybridized carbons (Fsp3) is 0.625. The first-order chi connectivity index (χ1) is 9.63. The summed E-state index contributed by atoms with van der Waals surface area (Å²) in [6.07, 6.45) is 2.13. The normalized spacial score (nSPS) is 21.9. The number of benzene rings is 1. The quantitative estimate of drug-likeness (QED) is 0.876. The van der Waals surface area contributed by atoms with Crippen molar-refractivity contribution >= 4 is 11.6 Å². The van der Waals surface area contributed by atoms with Crippen LogP contribution in [-0.4, -0.2) is 42.4 Å². The Morgan fingerprint density at radius 2 is 2.15 bits per heavy atom. The highest BCUT2D eigenvalue weighted by Crippen LogP contribution is 2.15. The molecule has 0 radical (unpaired) electrons. The van der Waals surface area contributed by atoms with E-state index in [0.717, 1.165) is 29.6 Å². The number of aliphatic hydroxyl groups excluding tert-OH is 1. The molecule has 1 aromatic carbocycles. The van der Waals surface area contributed by atoms with Gasteiger partial charge in [0.2, 0.25) is 0 Å². The molecule has 4 heteroatoms. The number of β-amino-alcohol motifs (C(OH)–C–C–N with tert-alkyl or cyclic N) is 1. The lowest BCUT2D eigenvalue weighted by Gasteiger charge is -2.32. The molecule has 1 aromatic rings. The van der Waals surface area contributed by atoms with Crippen LogP contribution in [0.15, 0.2) is 24.3 Å². The Labute approximate surface area is 126 Å². The highest BCUT2D eigenvalue weighted by atomic mass is 35.5. The van der Waals surface area contributed by atoms with Crippen molar-refractivity contribution < 1.29 is 9.84 Å². The van der Waals surface area contributed by atoms with Gasteiger partial charge in [0.25, 0.3) is 0 Å². The van der Waals surface area contributed by atoms with E-state index in [9.17, 15) is 5.11 Å². The van der Waals surface area contributed by atoms with Crippen LogP contribution in [0.5, 0.6) is 0 Å². The molecule has 0 unspecified atom stereocenters. The summed E-state index contributed by atoms with van der Waals surface area (Å²) < 4.78 is 5.57. The molecule has 3 nitrogen and oxygen atoms in total. The van der Waals surface area contributed by atoms with Gasteiger partial charge in [-0.1, -0.05) is 30.7 Å². The lowest BCUT2D eigenvalue weighted by molar-refractivity contribution is 0.00377. The van der Waals surface area contributed by atoms with Crippen molar-refractivity contribution in [3.05, 3.63) is 34.9 Å². The fourth-order valence-electron chi connectivity index (χ4n) is 2.70. The van der Waals surface area contributed by atoms with Gasteiger partial charge in [-0.2, -0.15) is 0 Å². The Morgan fingerprint density at radius 3 is 2.85 bits per heavy atom. The molecule has 1 N–H and O–H groups in total. The van der Waals surface area contributed by atoms with Crippen LogP contribution in [0.25, 0.3) is 0 Å². The predicted octanol–water partition coefficient (Wildman–Crippen LogP) is 2.95. The van der Waals surface area contributed by atoms with Gasteiger partial charge >= 0.3 is 0 Å². The van der Waals surface area contributed by atoms with Crippen molar-refractivity contribution in [1.82, 2.24) is 4.90 Å². The third kappa shape index (κ3) is 5.41. The molecule has 2 rings (SSSR count). The molecule has 0 aliphatic carbocycles. The van der Waals surface area contributed by atoms with Crippen LogP contribution in [-0.2, 0) is 11.3 Å². The first-order valence-corrected chi connectivity index (χ1v) is 7.74. The van der Waals surface area contributed by atoms with Gasteiger partial charge in [0, 0.05) is 18.1 Å². The van der Waals surface area contributed by atoms with E-state index < -0.39 is 6.10 Å². The highest BCUT2D eigenvalue weighted by Gasteiger charge is 2.18. The predicted molar refractivity (Wildman–Crippen MR) is 82.0 cm³/mol. The molecule has 0 amide bonds. The summed E-state index contributed by atoms with van der Waals surface area (Å²) in [5.41, 5.74) is 1.08. The van der Waals surface area contributed by atoms with Crippen molar-refractivity contribution in [3.63, 3.8) is 0 Å². The zero-order valence-electron chi connectivity index (χ0n) is 12.1. The molecule has 1 aliphatic heterocycles. The van der Waals surface area contributed by atoms with E-state index in [1.165, 1.54) is 12.8 Å². The minimum atomic E-state index is -0.410. The van der Waals surface area contributed by atoms with Gasteiger partial charge in [-0.15, -0.1) is 0 Å². The van der Waals surface area contributed by atoms with E-state index >= 15 is 0 Å². The summed E-state index contributed by atoms with van der Waals surface area (Å²) in [5.74, 6) is 0.742. The molecule has 0 bridgehead atoms. The third-order valence-corrected chi connectivity index (χ3v) is 3.95. The first-order valence-electron chi connectivity index (χ1n) is 7.36. The topological polar surface area (TPSA) is 32.7 Å². The van der Waals surface area contributed by atoms with Gasteiger partial charge in [-0.05, 0) is 43.0 Å². The van der Waals surface area contributed by atoms with Gasteiger partial charge in [0.1, 0.15) is 0 Å². The summed E-state index contributed by atoms with van der Waals surface area (Å²) in [6, 6.07) is 7.60. The number of nitrogens with zero attached hydrogens (tertiary/aromatic N) is 1. The number of rotatable bonds is 6. The minimum Gasteiger partial charge on any atom is -0.389 e. The van der Waals surface area contributed by atoms with Crippen molar-refractivity contribution in [2.24, 2.45) is 5.92 Å². The molecule has 1 saturated heterocycles. The zero-order valence-corrected chi connectivity index (χ0v) is 12.9. The van der Waals surface area contributed by atoms with Crippen molar-refractivity contribution in [1.29, 1.82) is 0 Å². The van der Waals surface area contributed by atoms with E-state index in [0.29, 0.717) is 19.8 Å². The number of halogens is 1. The van der Waals surface area contributed by atoms with E-state index in [2.05, 4.69) is 11.8 Å². The maximum Gasteiger partial charge on any atom is 0.0900 e. The number of piperidine rings is 1. The Hall–Kier alpha value is -0.610. The highest BCUT2D eigenvalue weighted by molar-refractivity contribution is 6.30. The molecule has 1 fully saturated rings. The summed E-state index contributed by atoms with van der Waals surface area (Å²) in [6.45, 7) is 6.07. The Kier molecular flexibility index (Phi) is 6.30. The molecule has 0 aromatic heterocycles. The Bertz CT molecular complexity index is 396. The van der Waals surface area contributed by atoms with E-state index in [-0.39, 0.29) is 0 Å². The van der Waals surface area contributed by atoms with Gasteiger partial charge in [0.05, 0.1) is 19.3 Å². The Balaban J connectivity index is 1.64. The Morgan fingerprint density at radius 1 is 1.40 bits per heavy atom. The molecular formula is C16H24ClNO2. The van der Waals surface area contributed by atoms with E-state index in [1.807, 2.05) is 24.3 Å². The fourth-order valence-corrected chi connectivity index (χ4v) is 2.82. The third-order valence-electron chi connectivity index (χ3n) is 3.70. The van der Waals surface area contributed by atoms with Crippen molar-refractivity contribution in [2.75, 3.05) is 26.2 Å². The maximum absolute atomic E-state index is 10.0. The molecule has 1 heterocycles. The molecule has 20 heavy (non-hydrogen) atoms. The second-order valence-corrected chi connectivity index (χ2v) is 6.24. The molecule has 1 aliphatic rings. The van der Waals surface area contributed by atoms with Gasteiger partial charge in [0.15, 0.2) is 0 Å². The van der Waals surface area contributed by atoms with Gasteiger partial charge in [-0.3, -0.25) is 0 Å². The minimum absolute atomic E-state index is 0.382. The second-order valence-electron chi connectivity index (χ2n) is 5.80. The van der Waals surface area contributed by atoms with Crippen LogP contribution in [0.4, 0.5) is 0 Å². The van der Waals surface area contributed by atoms with Crippen LogP contribution in [0, 0.1) is 5.92 Å². The number of likely N-dealkylation sites (tertiary alicyclic amines) is 1. The first kappa shape index (κ1) is 15.8. The average Bonchev–Trinajstić information content (AvgIpc) is 2.41. The zero-order chi connectivity index (χ0) is 14.4. The molecule has 0 spiro atoms. The molecule has 112 valence electrons. The lowest BCUT2D eigenvalue weighted by Crippen LogP contribution is -2.40. The summed E-state index contributed by atoms with van der Waals surface area (Å²) in [7, 11) is 0. The molecule has 2 atom stereocenters. The molecular weight excluding hydrogens is 274 g/mol. The monoisotopic (exact) mass is 297 g/mol. The van der Waals surface area contributed by atoms with E-state index in [4.69, 9.17) is 16.3 Å². The average molecular weight is 298 g/mol. The van der Waals surface area contributed by atoms with Crippen molar-refractivity contribution in [3.8, 4) is 0 Å². The maximum atomic E-state index is 10.0. The van der Waals surface area contributed by atoms with Crippen LogP contribution in [0.1, 0.15) is 25.3 Å². The van der Waals surface area contributed by atoms with Crippen LogP contribution < -0.4 is 0 Å².